The lowest BCUT2D eigenvalue weighted by molar-refractivity contribution is 0.0961. The van der Waals surface area contributed by atoms with Crippen LogP contribution in [0.4, 0.5) is 11.8 Å². The van der Waals surface area contributed by atoms with Gasteiger partial charge in [-0.2, -0.15) is 9.97 Å². The zero-order valence-electron chi connectivity index (χ0n) is 22.1. The van der Waals surface area contributed by atoms with Gasteiger partial charge in [-0.15, -0.1) is 0 Å². The minimum absolute atomic E-state index is 0.115. The van der Waals surface area contributed by atoms with Crippen LogP contribution in [0.25, 0.3) is 11.2 Å². The van der Waals surface area contributed by atoms with Gasteiger partial charge in [0.2, 0.25) is 5.95 Å². The Bertz CT molecular complexity index is 1180. The van der Waals surface area contributed by atoms with Gasteiger partial charge in [-0.25, -0.2) is 4.98 Å². The molecule has 0 spiro atoms. The molecule has 1 saturated heterocycles. The summed E-state index contributed by atoms with van der Waals surface area (Å²) >= 11 is 0. The molecule has 1 aliphatic heterocycles. The summed E-state index contributed by atoms with van der Waals surface area (Å²) in [6.07, 6.45) is 1.13. The van der Waals surface area contributed by atoms with Gasteiger partial charge >= 0.3 is 7.60 Å². The Morgan fingerprint density at radius 3 is 2.32 bits per heavy atom. The first-order valence-electron chi connectivity index (χ1n) is 12.8. The van der Waals surface area contributed by atoms with Gasteiger partial charge in [0, 0.05) is 39.3 Å². The van der Waals surface area contributed by atoms with Gasteiger partial charge in [0.15, 0.2) is 11.5 Å². The molecule has 0 unspecified atom stereocenters. The number of fused-ring (bicyclic) bond motifs is 1. The van der Waals surface area contributed by atoms with Gasteiger partial charge in [-0.05, 0) is 33.3 Å². The number of ether oxygens (including phenoxy) is 1. The van der Waals surface area contributed by atoms with Crippen molar-refractivity contribution < 1.29 is 18.3 Å². The second-order valence-corrected chi connectivity index (χ2v) is 11.6. The lowest BCUT2D eigenvalue weighted by Gasteiger charge is -2.35. The molecule has 2 N–H and O–H groups in total. The molecule has 1 fully saturated rings. The average molecular weight is 532 g/mol. The van der Waals surface area contributed by atoms with Crippen molar-refractivity contribution in [2.45, 2.75) is 53.0 Å². The van der Waals surface area contributed by atoms with Crippen molar-refractivity contribution in [3.8, 4) is 0 Å². The van der Waals surface area contributed by atoms with Crippen molar-refractivity contribution in [1.29, 1.82) is 0 Å². The third kappa shape index (κ3) is 7.49. The Labute approximate surface area is 218 Å². The number of nitrogen functional groups attached to an aromatic ring is 1. The van der Waals surface area contributed by atoms with E-state index in [-0.39, 0.29) is 24.5 Å². The molecule has 2 aromatic heterocycles. The lowest BCUT2D eigenvalue weighted by atomic mass is 10.2. The minimum atomic E-state index is -3.36. The minimum Gasteiger partial charge on any atom is -0.368 e. The van der Waals surface area contributed by atoms with E-state index >= 15 is 0 Å². The van der Waals surface area contributed by atoms with E-state index in [9.17, 15) is 4.57 Å². The second-order valence-electron chi connectivity index (χ2n) is 9.72. The summed E-state index contributed by atoms with van der Waals surface area (Å²) in [4.78, 5) is 18.0. The predicted octanol–water partition coefficient (Wildman–Crippen LogP) is 3.75. The number of aromatic nitrogens is 4. The molecule has 4 rings (SSSR count). The molecular formula is C25H38N7O4P. The highest BCUT2D eigenvalue weighted by atomic mass is 31.2. The standard InChI is InChI=1S/C25H38N7O4P/c1-19(2)35-37(33,36-20(3)4)18-34-15-14-32-17-27-23-22(32)24(29-25(26)28-23)31-12-10-30(11-13-31)16-21-8-6-5-7-9-21/h5-9,17,19-20H,10-16,18H2,1-4H3,(H2,26,28,29). The number of nitrogens with zero attached hydrogens (tertiary/aromatic N) is 6. The molecular weight excluding hydrogens is 493 g/mol. The average Bonchev–Trinajstić information content (AvgIpc) is 3.24. The highest BCUT2D eigenvalue weighted by molar-refractivity contribution is 7.53. The second kappa shape index (κ2) is 12.3. The van der Waals surface area contributed by atoms with Crippen LogP contribution in [0.15, 0.2) is 36.7 Å². The Balaban J connectivity index is 1.41. The molecule has 12 heteroatoms. The number of anilines is 2. The van der Waals surface area contributed by atoms with Gasteiger partial charge in [-0.1, -0.05) is 30.3 Å². The fraction of sp³-hybridized carbons (Fsp3) is 0.560. The lowest BCUT2D eigenvalue weighted by Crippen LogP contribution is -2.46. The van der Waals surface area contributed by atoms with Crippen LogP contribution in [-0.4, -0.2) is 75.8 Å². The van der Waals surface area contributed by atoms with Crippen molar-refractivity contribution in [3.05, 3.63) is 42.2 Å². The molecule has 1 aliphatic rings. The normalized spacial score (nSPS) is 15.4. The maximum atomic E-state index is 13.0. The van der Waals surface area contributed by atoms with Gasteiger partial charge < -0.3 is 29.0 Å². The predicted molar refractivity (Wildman–Crippen MR) is 145 cm³/mol. The van der Waals surface area contributed by atoms with E-state index in [2.05, 4.69) is 49.0 Å². The molecule has 0 bridgehead atoms. The van der Waals surface area contributed by atoms with E-state index in [1.165, 1.54) is 5.56 Å². The SMILES string of the molecule is CC(C)OP(=O)(COCCn1cnc2nc(N)nc(N3CCN(Cc4ccccc4)CC3)c21)OC(C)C. The monoisotopic (exact) mass is 531 g/mol. The van der Waals surface area contributed by atoms with Gasteiger partial charge in [0.25, 0.3) is 0 Å². The van der Waals surface area contributed by atoms with Crippen molar-refractivity contribution in [2.75, 3.05) is 49.8 Å². The van der Waals surface area contributed by atoms with Crippen LogP contribution >= 0.6 is 7.60 Å². The summed E-state index contributed by atoms with van der Waals surface area (Å²) < 4.78 is 31.8. The van der Waals surface area contributed by atoms with E-state index in [1.807, 2.05) is 38.3 Å². The van der Waals surface area contributed by atoms with Crippen LogP contribution < -0.4 is 10.6 Å². The fourth-order valence-electron chi connectivity index (χ4n) is 4.39. The third-order valence-electron chi connectivity index (χ3n) is 5.86. The number of hydrogen-bond acceptors (Lipinski definition) is 10. The number of piperazine rings is 1. The van der Waals surface area contributed by atoms with Crippen LogP contribution in [0.2, 0.25) is 0 Å². The largest absolute Gasteiger partial charge is 0.368 e. The topological polar surface area (TPSA) is 121 Å². The zero-order chi connectivity index (χ0) is 26.4. The first kappa shape index (κ1) is 27.5. The molecule has 1 aromatic carbocycles. The Morgan fingerprint density at radius 2 is 1.68 bits per heavy atom. The number of benzene rings is 1. The molecule has 37 heavy (non-hydrogen) atoms. The Hall–Kier alpha value is -2.56. The summed E-state index contributed by atoms with van der Waals surface area (Å²) in [5.74, 6) is 0.977. The molecule has 0 aliphatic carbocycles. The number of nitrogens with two attached hydrogens (primary N) is 1. The molecule has 0 radical (unpaired) electrons. The molecule has 3 heterocycles. The highest BCUT2D eigenvalue weighted by Crippen LogP contribution is 2.50. The third-order valence-corrected chi connectivity index (χ3v) is 7.85. The van der Waals surface area contributed by atoms with Crippen LogP contribution in [0, 0.1) is 0 Å². The summed E-state index contributed by atoms with van der Waals surface area (Å²) in [7, 11) is -3.36. The highest BCUT2D eigenvalue weighted by Gasteiger charge is 2.28. The van der Waals surface area contributed by atoms with Crippen molar-refractivity contribution in [2.24, 2.45) is 0 Å². The van der Waals surface area contributed by atoms with Crippen molar-refractivity contribution in [1.82, 2.24) is 24.4 Å². The van der Waals surface area contributed by atoms with E-state index in [0.717, 1.165) is 44.1 Å². The summed E-state index contributed by atoms with van der Waals surface area (Å²) in [6.45, 7) is 12.5. The van der Waals surface area contributed by atoms with Gasteiger partial charge in [0.1, 0.15) is 11.9 Å². The van der Waals surface area contributed by atoms with Crippen LogP contribution in [0.1, 0.15) is 33.3 Å². The van der Waals surface area contributed by atoms with Crippen molar-refractivity contribution in [3.63, 3.8) is 0 Å². The van der Waals surface area contributed by atoms with Gasteiger partial charge in [-0.3, -0.25) is 9.46 Å². The number of hydrogen-bond donors (Lipinski definition) is 1. The van der Waals surface area contributed by atoms with E-state index in [1.54, 1.807) is 6.33 Å². The molecule has 0 atom stereocenters. The van der Waals surface area contributed by atoms with Crippen LogP contribution in [-0.2, 0) is 31.4 Å². The molecule has 0 saturated carbocycles. The first-order chi connectivity index (χ1) is 17.7. The summed E-state index contributed by atoms with van der Waals surface area (Å²) in [6, 6.07) is 10.5. The van der Waals surface area contributed by atoms with E-state index < -0.39 is 7.60 Å². The number of rotatable bonds is 12. The maximum absolute atomic E-state index is 13.0. The van der Waals surface area contributed by atoms with E-state index in [0.29, 0.717) is 18.8 Å². The van der Waals surface area contributed by atoms with Crippen molar-refractivity contribution >= 4 is 30.5 Å². The molecule has 3 aromatic rings. The van der Waals surface area contributed by atoms with Crippen LogP contribution in [0.3, 0.4) is 0 Å². The summed E-state index contributed by atoms with van der Waals surface area (Å²) in [5.41, 5.74) is 8.70. The fourth-order valence-corrected chi connectivity index (χ4v) is 6.20. The molecule has 0 amide bonds. The van der Waals surface area contributed by atoms with Crippen LogP contribution in [0.5, 0.6) is 0 Å². The Morgan fingerprint density at radius 1 is 1.00 bits per heavy atom. The zero-order valence-corrected chi connectivity index (χ0v) is 23.0. The number of imidazole rings is 1. The first-order valence-corrected chi connectivity index (χ1v) is 14.5. The quantitative estimate of drug-likeness (QED) is 0.273. The maximum Gasteiger partial charge on any atom is 0.356 e. The molecule has 11 nitrogen and oxygen atoms in total. The summed E-state index contributed by atoms with van der Waals surface area (Å²) in [5, 5.41) is 0. The van der Waals surface area contributed by atoms with Gasteiger partial charge in [0.05, 0.1) is 25.1 Å². The van der Waals surface area contributed by atoms with E-state index in [4.69, 9.17) is 19.5 Å². The smallest absolute Gasteiger partial charge is 0.356 e. The molecule has 202 valence electrons. The Kier molecular flexibility index (Phi) is 9.15.